The molecule has 4 atom stereocenters. The molecule has 4 N–H and O–H groups in total. The Hall–Kier alpha value is -3.67. The summed E-state index contributed by atoms with van der Waals surface area (Å²) in [6, 6.07) is 6.19. The normalized spacial score (nSPS) is 24.7. The van der Waals surface area contributed by atoms with Crippen LogP contribution in [0.3, 0.4) is 0 Å². The van der Waals surface area contributed by atoms with Crippen LogP contribution in [-0.2, 0) is 23.8 Å². The zero-order chi connectivity index (χ0) is 34.4. The third-order valence-corrected chi connectivity index (χ3v) is 10.4. The number of esters is 1. The van der Waals surface area contributed by atoms with Crippen molar-refractivity contribution in [2.24, 2.45) is 29.4 Å². The van der Waals surface area contributed by atoms with Crippen LogP contribution in [0, 0.1) is 23.7 Å². The number of hydrogen-bond donors (Lipinski definition) is 3. The quantitative estimate of drug-likeness (QED) is 0.182. The molecule has 1 unspecified atom stereocenters. The van der Waals surface area contributed by atoms with Crippen LogP contribution in [0.15, 0.2) is 24.3 Å². The number of hydrogen-bond acceptors (Lipinski definition) is 8. The number of benzene rings is 1. The maximum Gasteiger partial charge on any atom is 0.511 e. The number of anilines is 1. The Morgan fingerprint density at radius 1 is 0.958 bits per heavy atom. The van der Waals surface area contributed by atoms with Gasteiger partial charge in [0.05, 0.1) is 12.8 Å². The van der Waals surface area contributed by atoms with Gasteiger partial charge in [0.2, 0.25) is 18.1 Å². The van der Waals surface area contributed by atoms with Crippen molar-refractivity contribution < 1.29 is 37.8 Å². The van der Waals surface area contributed by atoms with Crippen molar-refractivity contribution in [3.8, 4) is 0 Å². The molecule has 3 fully saturated rings. The molecule has 264 valence electrons. The molecule has 1 aromatic carbocycles. The molecule has 0 radical (unpaired) electrons. The summed E-state index contributed by atoms with van der Waals surface area (Å²) >= 11 is 0. The second-order valence-electron chi connectivity index (χ2n) is 14.1. The lowest BCUT2D eigenvalue weighted by molar-refractivity contribution is -0.142. The summed E-state index contributed by atoms with van der Waals surface area (Å²) in [7, 11) is 0. The Kier molecular flexibility index (Phi) is 12.0. The Balaban J connectivity index is 1.26. The maximum absolute atomic E-state index is 14.1. The first-order chi connectivity index (χ1) is 23.0. The lowest BCUT2D eigenvalue weighted by Gasteiger charge is -2.37. The van der Waals surface area contributed by atoms with E-state index in [-0.39, 0.29) is 47.4 Å². The molecule has 1 aliphatic heterocycles. The predicted octanol–water partition coefficient (Wildman–Crippen LogP) is 6.46. The summed E-state index contributed by atoms with van der Waals surface area (Å²) in [5, 5.41) is 3.77. The summed E-state index contributed by atoms with van der Waals surface area (Å²) in [6.45, 7) is 4.92. The highest BCUT2D eigenvalue weighted by molar-refractivity contribution is 6.01. The van der Waals surface area contributed by atoms with Crippen LogP contribution in [-0.4, -0.2) is 71.5 Å². The van der Waals surface area contributed by atoms with Crippen LogP contribution < -0.4 is 11.1 Å². The van der Waals surface area contributed by atoms with E-state index in [2.05, 4.69) is 10.3 Å². The van der Waals surface area contributed by atoms with Gasteiger partial charge >= 0.3 is 12.1 Å². The molecule has 1 aromatic heterocycles. The molecule has 11 nitrogen and oxygen atoms in total. The number of alkyl halides is 1. The van der Waals surface area contributed by atoms with Gasteiger partial charge in [-0.1, -0.05) is 32.1 Å². The van der Waals surface area contributed by atoms with Gasteiger partial charge in [0, 0.05) is 42.0 Å². The minimum Gasteiger partial charge on any atom is -0.431 e. The minimum atomic E-state index is -1.16. The third kappa shape index (κ3) is 8.67. The van der Waals surface area contributed by atoms with E-state index < -0.39 is 31.1 Å². The Bertz CT molecular complexity index is 1430. The molecule has 5 rings (SSSR count). The number of carbonyl (C=O) groups is 4. The lowest BCUT2D eigenvalue weighted by atomic mass is 9.76. The van der Waals surface area contributed by atoms with Crippen molar-refractivity contribution in [1.29, 1.82) is 0 Å². The molecule has 2 aromatic rings. The fourth-order valence-corrected chi connectivity index (χ4v) is 7.98. The van der Waals surface area contributed by atoms with Crippen molar-refractivity contribution in [2.45, 2.75) is 116 Å². The van der Waals surface area contributed by atoms with E-state index in [1.807, 2.05) is 4.90 Å². The van der Waals surface area contributed by atoms with E-state index in [9.17, 15) is 23.6 Å². The van der Waals surface area contributed by atoms with Crippen molar-refractivity contribution in [2.75, 3.05) is 18.5 Å². The maximum atomic E-state index is 14.1. The van der Waals surface area contributed by atoms with Crippen LogP contribution in [0.1, 0.15) is 102 Å². The van der Waals surface area contributed by atoms with Crippen LogP contribution >= 0.6 is 0 Å². The standard InChI is InChI=1S/C36H51FN4O7/c1-21(2)46-36(45)48-22(3)47-35(44)31-20-26-19-27(13-14-30(26)40-31)39-33(42)32-28(23-7-5-4-6-8-23)16-18-41(32)34(43)25-11-9-24(10-12-25)29(38)15-17-37/h13-14,19-25,28-29,32,40H,4-12,15-18,38H2,1-3H3,(H,39,42)/t22?,24?,25?,28-,29+,32-/m0/s1. The van der Waals surface area contributed by atoms with E-state index in [0.29, 0.717) is 48.3 Å². The van der Waals surface area contributed by atoms with Gasteiger partial charge in [-0.2, -0.15) is 0 Å². The summed E-state index contributed by atoms with van der Waals surface area (Å²) in [6.07, 6.45) is 7.38. The summed E-state index contributed by atoms with van der Waals surface area (Å²) in [4.78, 5) is 57.4. The van der Waals surface area contributed by atoms with Gasteiger partial charge in [0.25, 0.3) is 0 Å². The monoisotopic (exact) mass is 670 g/mol. The fourth-order valence-electron chi connectivity index (χ4n) is 7.98. The Labute approximate surface area is 281 Å². The van der Waals surface area contributed by atoms with Gasteiger partial charge in [-0.3, -0.25) is 14.0 Å². The zero-order valence-corrected chi connectivity index (χ0v) is 28.4. The zero-order valence-electron chi connectivity index (χ0n) is 28.4. The highest BCUT2D eigenvalue weighted by atomic mass is 19.1. The van der Waals surface area contributed by atoms with Crippen LogP contribution in [0.5, 0.6) is 0 Å². The molecule has 12 heteroatoms. The minimum absolute atomic E-state index is 0.0471. The fraction of sp³-hybridized carbons (Fsp3) is 0.667. The van der Waals surface area contributed by atoms with Gasteiger partial charge in [-0.25, -0.2) is 9.59 Å². The van der Waals surface area contributed by atoms with Gasteiger partial charge in [0.1, 0.15) is 11.7 Å². The molecular formula is C36H51FN4O7. The molecule has 2 aliphatic carbocycles. The van der Waals surface area contributed by atoms with E-state index in [0.717, 1.165) is 44.9 Å². The number of rotatable bonds is 11. The Morgan fingerprint density at radius 2 is 1.69 bits per heavy atom. The predicted molar refractivity (Wildman–Crippen MR) is 179 cm³/mol. The number of nitrogens with one attached hydrogen (secondary N) is 2. The number of amides is 2. The number of nitrogens with two attached hydrogens (primary N) is 1. The molecule has 0 spiro atoms. The number of likely N-dealkylation sites (tertiary alicyclic amines) is 1. The summed E-state index contributed by atoms with van der Waals surface area (Å²) in [5.41, 5.74) is 7.58. The molecule has 0 bridgehead atoms. The molecule has 2 saturated carbocycles. The van der Waals surface area contributed by atoms with Gasteiger partial charge in [-0.15, -0.1) is 0 Å². The van der Waals surface area contributed by atoms with Crippen LogP contribution in [0.25, 0.3) is 10.9 Å². The lowest BCUT2D eigenvalue weighted by Crippen LogP contribution is -2.50. The molecule has 48 heavy (non-hydrogen) atoms. The van der Waals surface area contributed by atoms with Crippen molar-refractivity contribution in [3.63, 3.8) is 0 Å². The van der Waals surface area contributed by atoms with E-state index in [4.69, 9.17) is 19.9 Å². The highest BCUT2D eigenvalue weighted by Crippen LogP contribution is 2.41. The number of fused-ring (bicyclic) bond motifs is 1. The number of nitrogens with zero attached hydrogens (tertiary/aromatic N) is 1. The largest absolute Gasteiger partial charge is 0.511 e. The van der Waals surface area contributed by atoms with Crippen LogP contribution in [0.4, 0.5) is 14.9 Å². The summed E-state index contributed by atoms with van der Waals surface area (Å²) < 4.78 is 28.0. The molecular weight excluding hydrogens is 619 g/mol. The first-order valence-corrected chi connectivity index (χ1v) is 17.7. The molecule has 3 aliphatic rings. The average molecular weight is 671 g/mol. The van der Waals surface area contributed by atoms with Crippen molar-refractivity contribution in [1.82, 2.24) is 9.88 Å². The summed E-state index contributed by atoms with van der Waals surface area (Å²) in [5.74, 6) is -0.273. The number of aromatic nitrogens is 1. The van der Waals surface area contributed by atoms with E-state index in [1.165, 1.54) is 13.3 Å². The third-order valence-electron chi connectivity index (χ3n) is 10.4. The van der Waals surface area contributed by atoms with E-state index in [1.54, 1.807) is 38.1 Å². The number of ether oxygens (including phenoxy) is 3. The van der Waals surface area contributed by atoms with Crippen molar-refractivity contribution in [3.05, 3.63) is 30.0 Å². The second-order valence-corrected chi connectivity index (χ2v) is 14.1. The smallest absolute Gasteiger partial charge is 0.431 e. The van der Waals surface area contributed by atoms with Gasteiger partial charge in [-0.05, 0) is 94.4 Å². The van der Waals surface area contributed by atoms with Crippen LogP contribution in [0.2, 0.25) is 0 Å². The Morgan fingerprint density at radius 3 is 2.38 bits per heavy atom. The van der Waals surface area contributed by atoms with Gasteiger partial charge in [0.15, 0.2) is 0 Å². The second kappa shape index (κ2) is 16.2. The highest BCUT2D eigenvalue weighted by Gasteiger charge is 2.47. The first-order valence-electron chi connectivity index (χ1n) is 17.7. The van der Waals surface area contributed by atoms with E-state index >= 15 is 0 Å². The first kappa shape index (κ1) is 35.6. The number of halogens is 1. The van der Waals surface area contributed by atoms with Crippen molar-refractivity contribution >= 4 is 40.5 Å². The average Bonchev–Trinajstić information content (AvgIpc) is 3.70. The molecule has 2 heterocycles. The number of aromatic amines is 1. The molecule has 2 amide bonds. The SMILES string of the molecule is CC(C)OC(=O)OC(C)OC(=O)c1cc2cc(NC(=O)[C@@H]3[C@H](C4CCCCC4)CCN3C(=O)C3CCC([C@H](N)CCF)CC3)ccc2[nH]1. The molecule has 1 saturated heterocycles. The number of carbonyl (C=O) groups excluding carboxylic acids is 4. The van der Waals surface area contributed by atoms with Gasteiger partial charge < -0.3 is 35.1 Å². The topological polar surface area (TPSA) is 153 Å². The number of H-pyrrole nitrogens is 1.